The summed E-state index contributed by atoms with van der Waals surface area (Å²) in [7, 11) is 0. The molecule has 1 heteroatoms. The predicted molar refractivity (Wildman–Crippen MR) is 77.3 cm³/mol. The van der Waals surface area contributed by atoms with E-state index in [0.29, 0.717) is 12.5 Å². The topological polar surface area (TPSA) is 20.2 Å². The fourth-order valence-electron chi connectivity index (χ4n) is 3.26. The third kappa shape index (κ3) is 3.58. The van der Waals surface area contributed by atoms with Gasteiger partial charge in [-0.3, -0.25) is 0 Å². The van der Waals surface area contributed by atoms with Gasteiger partial charge in [-0.25, -0.2) is 0 Å². The zero-order valence-electron chi connectivity index (χ0n) is 11.5. The van der Waals surface area contributed by atoms with Crippen LogP contribution in [0.2, 0.25) is 0 Å². The van der Waals surface area contributed by atoms with Gasteiger partial charge in [0, 0.05) is 12.5 Å². The zero-order chi connectivity index (χ0) is 12.8. The Balaban J connectivity index is 0.000000149. The van der Waals surface area contributed by atoms with Gasteiger partial charge in [0.25, 0.3) is 0 Å². The molecule has 0 bridgehead atoms. The molecule has 0 saturated heterocycles. The number of hydrogen-bond donors (Lipinski definition) is 1. The predicted octanol–water partition coefficient (Wildman–Crippen LogP) is 4.25. The Kier molecular flexibility index (Phi) is 5.25. The highest BCUT2D eigenvalue weighted by atomic mass is 16.3. The lowest BCUT2D eigenvalue weighted by Gasteiger charge is -2.17. The molecule has 3 aliphatic rings. The minimum Gasteiger partial charge on any atom is -0.396 e. The summed E-state index contributed by atoms with van der Waals surface area (Å²) < 4.78 is 0. The van der Waals surface area contributed by atoms with Crippen molar-refractivity contribution in [1.82, 2.24) is 0 Å². The van der Waals surface area contributed by atoms with Gasteiger partial charge >= 0.3 is 0 Å². The molecule has 0 aromatic heterocycles. The second-order valence-corrected chi connectivity index (χ2v) is 5.75. The van der Waals surface area contributed by atoms with Crippen molar-refractivity contribution in [2.45, 2.75) is 45.4 Å². The highest BCUT2D eigenvalue weighted by molar-refractivity contribution is 5.15. The van der Waals surface area contributed by atoms with Crippen LogP contribution in [-0.4, -0.2) is 11.7 Å². The van der Waals surface area contributed by atoms with E-state index in [1.54, 1.807) is 5.57 Å². The molecule has 3 rings (SSSR count). The molecule has 0 heterocycles. The molecule has 0 radical (unpaired) electrons. The number of allylic oxidation sites excluding steroid dienone is 5. The first-order valence-corrected chi connectivity index (χ1v) is 7.42. The lowest BCUT2D eigenvalue weighted by Crippen LogP contribution is -2.08. The van der Waals surface area contributed by atoms with Gasteiger partial charge in [-0.15, -0.1) is 0 Å². The first-order valence-electron chi connectivity index (χ1n) is 7.42. The van der Waals surface area contributed by atoms with Gasteiger partial charge in [-0.2, -0.15) is 0 Å². The molecule has 18 heavy (non-hydrogen) atoms. The van der Waals surface area contributed by atoms with Crippen molar-refractivity contribution in [2.24, 2.45) is 17.8 Å². The fraction of sp³-hybridized carbons (Fsp3) is 0.647. The number of hydrogen-bond acceptors (Lipinski definition) is 1. The van der Waals surface area contributed by atoms with E-state index in [0.717, 1.165) is 24.7 Å². The van der Waals surface area contributed by atoms with Crippen molar-refractivity contribution in [3.8, 4) is 0 Å². The standard InChI is InChI=1S/C11H16.C6H10O/c1-9-5-4-8-11(9)10-6-2-3-7-10;7-5-6-3-1-2-4-6/h2,5-6,10-11H,3-4,7-8H2,1H3;1,3,6-7H,2,4-5H2. The Morgan fingerprint density at radius 2 is 1.83 bits per heavy atom. The normalized spacial score (nSPS) is 33.4. The van der Waals surface area contributed by atoms with E-state index in [4.69, 9.17) is 5.11 Å². The SMILES string of the molecule is CC1=CCCC1C1C=CCC1.OCC1C=CCC1. The first-order chi connectivity index (χ1) is 8.81. The Labute approximate surface area is 111 Å². The summed E-state index contributed by atoms with van der Waals surface area (Å²) in [5.41, 5.74) is 1.64. The van der Waals surface area contributed by atoms with E-state index in [-0.39, 0.29) is 0 Å². The lowest BCUT2D eigenvalue weighted by molar-refractivity contribution is 0.251. The zero-order valence-corrected chi connectivity index (χ0v) is 11.5. The molecule has 100 valence electrons. The van der Waals surface area contributed by atoms with Crippen molar-refractivity contribution in [3.63, 3.8) is 0 Å². The van der Waals surface area contributed by atoms with Crippen molar-refractivity contribution < 1.29 is 5.11 Å². The van der Waals surface area contributed by atoms with Crippen molar-refractivity contribution >= 4 is 0 Å². The van der Waals surface area contributed by atoms with E-state index in [9.17, 15) is 0 Å². The van der Waals surface area contributed by atoms with Crippen LogP contribution in [-0.2, 0) is 0 Å². The van der Waals surface area contributed by atoms with Crippen molar-refractivity contribution in [2.75, 3.05) is 6.61 Å². The monoisotopic (exact) mass is 246 g/mol. The molecule has 1 nitrogen and oxygen atoms in total. The number of rotatable bonds is 2. The molecule has 3 unspecified atom stereocenters. The van der Waals surface area contributed by atoms with Crippen LogP contribution < -0.4 is 0 Å². The molecule has 1 N–H and O–H groups in total. The van der Waals surface area contributed by atoms with Gasteiger partial charge < -0.3 is 5.11 Å². The summed E-state index contributed by atoms with van der Waals surface area (Å²) in [5, 5.41) is 8.51. The Hall–Kier alpha value is -0.820. The van der Waals surface area contributed by atoms with Gasteiger partial charge in [0.1, 0.15) is 0 Å². The van der Waals surface area contributed by atoms with Gasteiger partial charge in [0.05, 0.1) is 0 Å². The largest absolute Gasteiger partial charge is 0.396 e. The number of aliphatic hydroxyl groups is 1. The van der Waals surface area contributed by atoms with E-state index in [2.05, 4.69) is 37.3 Å². The van der Waals surface area contributed by atoms with Gasteiger partial charge in [-0.1, -0.05) is 36.0 Å². The van der Waals surface area contributed by atoms with Crippen LogP contribution in [0.15, 0.2) is 36.0 Å². The summed E-state index contributed by atoms with van der Waals surface area (Å²) in [6.07, 6.45) is 19.1. The molecule has 0 fully saturated rings. The molecule has 0 aliphatic heterocycles. The molecule has 0 aromatic carbocycles. The smallest absolute Gasteiger partial charge is 0.0493 e. The highest BCUT2D eigenvalue weighted by Crippen LogP contribution is 2.37. The highest BCUT2D eigenvalue weighted by Gasteiger charge is 2.24. The molecule has 3 atom stereocenters. The van der Waals surface area contributed by atoms with Crippen molar-refractivity contribution in [1.29, 1.82) is 0 Å². The molecule has 0 spiro atoms. The molecule has 0 amide bonds. The first kappa shape index (κ1) is 13.6. The molecule has 3 aliphatic carbocycles. The maximum Gasteiger partial charge on any atom is 0.0493 e. The molecular weight excluding hydrogens is 220 g/mol. The molecule has 0 saturated carbocycles. The van der Waals surface area contributed by atoms with Crippen LogP contribution in [0.5, 0.6) is 0 Å². The fourth-order valence-corrected chi connectivity index (χ4v) is 3.26. The molecule has 0 aromatic rings. The van der Waals surface area contributed by atoms with Gasteiger partial charge in [0.15, 0.2) is 0 Å². The van der Waals surface area contributed by atoms with Crippen LogP contribution in [0.4, 0.5) is 0 Å². The maximum absolute atomic E-state index is 8.51. The Morgan fingerprint density at radius 1 is 1.06 bits per heavy atom. The van der Waals surface area contributed by atoms with E-state index in [1.165, 1.54) is 25.7 Å². The van der Waals surface area contributed by atoms with Crippen LogP contribution in [0.1, 0.15) is 45.4 Å². The summed E-state index contributed by atoms with van der Waals surface area (Å²) in [4.78, 5) is 0. The maximum atomic E-state index is 8.51. The minimum absolute atomic E-state index is 0.330. The summed E-state index contributed by atoms with van der Waals surface area (Å²) in [6.45, 7) is 2.63. The summed E-state index contributed by atoms with van der Waals surface area (Å²) in [5.74, 6) is 2.25. The quantitative estimate of drug-likeness (QED) is 0.722. The van der Waals surface area contributed by atoms with Gasteiger partial charge in [0.2, 0.25) is 0 Å². The third-order valence-corrected chi connectivity index (χ3v) is 4.44. The second-order valence-electron chi connectivity index (χ2n) is 5.75. The lowest BCUT2D eigenvalue weighted by atomic mass is 9.87. The second kappa shape index (κ2) is 6.94. The van der Waals surface area contributed by atoms with Crippen LogP contribution in [0.25, 0.3) is 0 Å². The van der Waals surface area contributed by atoms with Crippen LogP contribution in [0.3, 0.4) is 0 Å². The minimum atomic E-state index is 0.330. The summed E-state index contributed by atoms with van der Waals surface area (Å²) >= 11 is 0. The third-order valence-electron chi connectivity index (χ3n) is 4.44. The average molecular weight is 246 g/mol. The van der Waals surface area contributed by atoms with Crippen molar-refractivity contribution in [3.05, 3.63) is 36.0 Å². The van der Waals surface area contributed by atoms with Gasteiger partial charge in [-0.05, 0) is 57.3 Å². The van der Waals surface area contributed by atoms with Crippen LogP contribution >= 0.6 is 0 Å². The van der Waals surface area contributed by atoms with Crippen LogP contribution in [0, 0.1) is 17.8 Å². The summed E-state index contributed by atoms with van der Waals surface area (Å²) in [6, 6.07) is 0. The number of aliphatic hydroxyl groups excluding tert-OH is 1. The van der Waals surface area contributed by atoms with E-state index >= 15 is 0 Å². The van der Waals surface area contributed by atoms with E-state index in [1.807, 2.05) is 0 Å². The van der Waals surface area contributed by atoms with E-state index < -0.39 is 0 Å². The molecular formula is C17H26O. The average Bonchev–Trinajstić information content (AvgIpc) is 3.12. The Morgan fingerprint density at radius 3 is 2.28 bits per heavy atom. The Bertz CT molecular complexity index is 338.